The molecular weight excluding hydrogens is 335 g/mol. The van der Waals surface area contributed by atoms with Crippen molar-refractivity contribution in [1.29, 1.82) is 0 Å². The first kappa shape index (κ1) is 15.2. The Balaban J connectivity index is 1.65. The number of hydrogen-bond acceptors (Lipinski definition) is 5. The maximum Gasteiger partial charge on any atom is 0.189 e. The van der Waals surface area contributed by atoms with Gasteiger partial charge >= 0.3 is 0 Å². The van der Waals surface area contributed by atoms with E-state index in [1.165, 1.54) is 18.2 Å². The second-order valence-electron chi connectivity index (χ2n) is 5.70. The molecule has 124 valence electrons. The number of hydrazone groups is 1. The van der Waals surface area contributed by atoms with Gasteiger partial charge in [0.15, 0.2) is 6.79 Å². The molecular formula is C17H14ClFN2O3. The van der Waals surface area contributed by atoms with Gasteiger partial charge in [-0.3, -0.25) is 0 Å². The molecule has 0 spiro atoms. The fourth-order valence-electron chi connectivity index (χ4n) is 3.00. The highest BCUT2D eigenvalue weighted by Crippen LogP contribution is 2.38. The van der Waals surface area contributed by atoms with Crippen molar-refractivity contribution in [2.75, 3.05) is 6.79 Å². The summed E-state index contributed by atoms with van der Waals surface area (Å²) in [4.78, 5) is 0. The van der Waals surface area contributed by atoms with Gasteiger partial charge in [0.2, 0.25) is 0 Å². The number of nitrogens with one attached hydrogen (secondary N) is 1. The van der Waals surface area contributed by atoms with Gasteiger partial charge in [0, 0.05) is 28.1 Å². The minimum atomic E-state index is -0.422. The molecule has 0 amide bonds. The third kappa shape index (κ3) is 2.68. The number of phenols is 1. The third-order valence-corrected chi connectivity index (χ3v) is 4.32. The molecule has 0 radical (unpaired) electrons. The number of nitrogens with zero attached hydrogens (tertiary/aromatic N) is 1. The van der Waals surface area contributed by atoms with E-state index in [-0.39, 0.29) is 18.6 Å². The Kier molecular flexibility index (Phi) is 3.78. The molecule has 1 atom stereocenters. The summed E-state index contributed by atoms with van der Waals surface area (Å²) in [5, 5.41) is 14.8. The zero-order valence-electron chi connectivity index (χ0n) is 12.6. The number of phenolic OH excluding ortho intramolecular Hbond substituents is 1. The van der Waals surface area contributed by atoms with Crippen LogP contribution in [0.2, 0.25) is 5.02 Å². The van der Waals surface area contributed by atoms with Gasteiger partial charge in [0.25, 0.3) is 0 Å². The van der Waals surface area contributed by atoms with Crippen LogP contribution in [0.5, 0.6) is 11.5 Å². The van der Waals surface area contributed by atoms with Gasteiger partial charge in [-0.05, 0) is 30.3 Å². The molecule has 0 fully saturated rings. The maximum absolute atomic E-state index is 13.5. The quantitative estimate of drug-likeness (QED) is 0.872. The predicted octanol–water partition coefficient (Wildman–Crippen LogP) is 3.49. The van der Waals surface area contributed by atoms with E-state index < -0.39 is 5.82 Å². The number of ether oxygens (including phenoxy) is 2. The van der Waals surface area contributed by atoms with Crippen molar-refractivity contribution < 1.29 is 19.0 Å². The number of hydrogen-bond donors (Lipinski definition) is 2. The predicted molar refractivity (Wildman–Crippen MR) is 86.8 cm³/mol. The van der Waals surface area contributed by atoms with E-state index in [0.717, 1.165) is 16.9 Å². The summed E-state index contributed by atoms with van der Waals surface area (Å²) in [5.74, 6) is 0.313. The normalized spacial score (nSPS) is 19.2. The summed E-state index contributed by atoms with van der Waals surface area (Å²) in [6.45, 7) is 0.626. The molecule has 2 heterocycles. The number of fused-ring (bicyclic) bond motifs is 1. The van der Waals surface area contributed by atoms with E-state index in [1.807, 2.05) is 12.1 Å². The van der Waals surface area contributed by atoms with Crippen LogP contribution in [0.15, 0.2) is 35.4 Å². The van der Waals surface area contributed by atoms with Gasteiger partial charge < -0.3 is 20.0 Å². The average molecular weight is 349 g/mol. The number of rotatable bonds is 2. The van der Waals surface area contributed by atoms with Crippen molar-refractivity contribution in [3.63, 3.8) is 0 Å². The Bertz CT molecular complexity index is 841. The van der Waals surface area contributed by atoms with E-state index in [9.17, 15) is 9.50 Å². The van der Waals surface area contributed by atoms with Gasteiger partial charge in [-0.15, -0.1) is 0 Å². The Morgan fingerprint density at radius 2 is 2.17 bits per heavy atom. The van der Waals surface area contributed by atoms with Crippen LogP contribution in [-0.4, -0.2) is 17.6 Å². The molecule has 0 aromatic heterocycles. The maximum atomic E-state index is 13.5. The van der Waals surface area contributed by atoms with E-state index in [4.69, 9.17) is 21.1 Å². The lowest BCUT2D eigenvalue weighted by Gasteiger charge is -2.23. The van der Waals surface area contributed by atoms with E-state index in [1.54, 1.807) is 0 Å². The molecule has 5 nitrogen and oxygen atoms in total. The number of benzene rings is 2. The molecule has 0 saturated heterocycles. The molecule has 0 saturated carbocycles. The van der Waals surface area contributed by atoms with Crippen molar-refractivity contribution >= 4 is 17.3 Å². The monoisotopic (exact) mass is 348 g/mol. The van der Waals surface area contributed by atoms with E-state index in [2.05, 4.69) is 10.5 Å². The highest BCUT2D eigenvalue weighted by molar-refractivity contribution is 6.30. The number of halogens is 2. The molecule has 2 aliphatic heterocycles. The first-order valence-electron chi connectivity index (χ1n) is 7.45. The zero-order valence-corrected chi connectivity index (χ0v) is 13.3. The van der Waals surface area contributed by atoms with Crippen molar-refractivity contribution in [3.05, 3.63) is 57.9 Å². The topological polar surface area (TPSA) is 63.1 Å². The average Bonchev–Trinajstić information content (AvgIpc) is 3.06. The Hall–Kier alpha value is -2.31. The molecule has 7 heteroatoms. The summed E-state index contributed by atoms with van der Waals surface area (Å²) < 4.78 is 24.4. The van der Waals surface area contributed by atoms with Crippen LogP contribution in [0.3, 0.4) is 0 Å². The lowest BCUT2D eigenvalue weighted by atomic mass is 9.96. The second-order valence-corrected chi connectivity index (χ2v) is 6.14. The molecule has 2 aromatic carbocycles. The van der Waals surface area contributed by atoms with Crippen LogP contribution in [0, 0.1) is 5.82 Å². The van der Waals surface area contributed by atoms with Gasteiger partial charge in [-0.2, -0.15) is 5.10 Å². The SMILES string of the molecule is Oc1ccc(F)cc1C1=NNC(c2cc(Cl)cc3c2OCOC3)C1. The molecule has 1 unspecified atom stereocenters. The molecule has 2 aliphatic rings. The smallest absolute Gasteiger partial charge is 0.189 e. The van der Waals surface area contributed by atoms with Crippen molar-refractivity contribution in [3.8, 4) is 11.5 Å². The summed E-state index contributed by atoms with van der Waals surface area (Å²) in [5.41, 5.74) is 5.73. The molecule has 2 N–H and O–H groups in total. The number of aromatic hydroxyl groups is 1. The van der Waals surface area contributed by atoms with Crippen molar-refractivity contribution in [1.82, 2.24) is 5.43 Å². The van der Waals surface area contributed by atoms with E-state index in [0.29, 0.717) is 29.3 Å². The Morgan fingerprint density at radius 3 is 3.04 bits per heavy atom. The first-order chi connectivity index (χ1) is 11.6. The highest BCUT2D eigenvalue weighted by Gasteiger charge is 2.28. The summed E-state index contributed by atoms with van der Waals surface area (Å²) in [7, 11) is 0. The largest absolute Gasteiger partial charge is 0.507 e. The van der Waals surface area contributed by atoms with Crippen LogP contribution in [-0.2, 0) is 11.3 Å². The fourth-order valence-corrected chi connectivity index (χ4v) is 3.25. The van der Waals surface area contributed by atoms with Crippen LogP contribution < -0.4 is 10.2 Å². The van der Waals surface area contributed by atoms with Gasteiger partial charge in [-0.25, -0.2) is 4.39 Å². The Labute approximate surface area is 142 Å². The molecule has 4 rings (SSSR count). The van der Waals surface area contributed by atoms with Crippen molar-refractivity contribution in [2.45, 2.75) is 19.1 Å². The third-order valence-electron chi connectivity index (χ3n) is 4.10. The second kappa shape index (κ2) is 5.96. The van der Waals surface area contributed by atoms with Crippen LogP contribution in [0.1, 0.15) is 29.2 Å². The van der Waals surface area contributed by atoms with Crippen LogP contribution in [0.4, 0.5) is 4.39 Å². The lowest BCUT2D eigenvalue weighted by Crippen LogP contribution is -2.17. The van der Waals surface area contributed by atoms with Gasteiger partial charge in [0.1, 0.15) is 17.3 Å². The summed E-state index contributed by atoms with van der Waals surface area (Å²) in [6.07, 6.45) is 0.480. The molecule has 24 heavy (non-hydrogen) atoms. The summed E-state index contributed by atoms with van der Waals surface area (Å²) >= 11 is 6.19. The molecule has 2 aromatic rings. The summed E-state index contributed by atoms with van der Waals surface area (Å²) in [6, 6.07) is 7.27. The lowest BCUT2D eigenvalue weighted by molar-refractivity contribution is -0.0173. The molecule has 0 bridgehead atoms. The van der Waals surface area contributed by atoms with Gasteiger partial charge in [0.05, 0.1) is 18.4 Å². The zero-order chi connectivity index (χ0) is 16.7. The molecule has 0 aliphatic carbocycles. The van der Waals surface area contributed by atoms with Crippen LogP contribution >= 0.6 is 11.6 Å². The Morgan fingerprint density at radius 1 is 1.29 bits per heavy atom. The van der Waals surface area contributed by atoms with E-state index >= 15 is 0 Å². The minimum absolute atomic E-state index is 0.00428. The van der Waals surface area contributed by atoms with Crippen LogP contribution in [0.25, 0.3) is 0 Å². The highest BCUT2D eigenvalue weighted by atomic mass is 35.5. The minimum Gasteiger partial charge on any atom is -0.507 e. The standard InChI is InChI=1S/C17H14ClFN2O3/c18-10-3-9-7-23-8-24-17(9)13(4-10)15-6-14(20-21-15)12-5-11(19)1-2-16(12)22/h1-5,15,21-22H,6-8H2. The van der Waals surface area contributed by atoms with Gasteiger partial charge in [-0.1, -0.05) is 11.6 Å². The fraction of sp³-hybridized carbons (Fsp3) is 0.235. The van der Waals surface area contributed by atoms with Crippen molar-refractivity contribution in [2.24, 2.45) is 5.10 Å². The first-order valence-corrected chi connectivity index (χ1v) is 7.83.